The summed E-state index contributed by atoms with van der Waals surface area (Å²) in [6, 6.07) is 9.86. The van der Waals surface area contributed by atoms with Crippen molar-refractivity contribution < 1.29 is 28.4 Å². The van der Waals surface area contributed by atoms with Crippen molar-refractivity contribution in [1.29, 1.82) is 0 Å². The van der Waals surface area contributed by atoms with Crippen molar-refractivity contribution in [2.75, 3.05) is 26.2 Å². The van der Waals surface area contributed by atoms with E-state index in [4.69, 9.17) is 18.8 Å². The van der Waals surface area contributed by atoms with Gasteiger partial charge in [0.15, 0.2) is 6.23 Å². The summed E-state index contributed by atoms with van der Waals surface area (Å²) < 4.78 is 23.7. The van der Waals surface area contributed by atoms with E-state index < -0.39 is 42.2 Å². The zero-order valence-electron chi connectivity index (χ0n) is 20.2. The summed E-state index contributed by atoms with van der Waals surface area (Å²) in [6.07, 6.45) is -1.21. The molecular weight excluding hydrogens is 411 g/mol. The van der Waals surface area contributed by atoms with E-state index >= 15 is 0 Å². The van der Waals surface area contributed by atoms with Gasteiger partial charge in [0.2, 0.25) is 0 Å². The summed E-state index contributed by atoms with van der Waals surface area (Å²) in [7, 11) is -0.455. The second-order valence-electron chi connectivity index (χ2n) is 10.2. The number of hydrogen-bond donors (Lipinski definition) is 0. The van der Waals surface area contributed by atoms with Crippen LogP contribution in [-0.4, -0.2) is 78.2 Å². The SMILES string of the molecule is CC(=O)OC1CN(CC2(C)OB(c3ccccc3)OC2(C)C)CCN1C(=O)OC(C)(C)C. The Balaban J connectivity index is 1.72. The van der Waals surface area contributed by atoms with Crippen molar-refractivity contribution in [3.8, 4) is 0 Å². The molecule has 0 radical (unpaired) electrons. The number of carbonyl (C=O) groups is 2. The molecule has 2 aliphatic heterocycles. The lowest BCUT2D eigenvalue weighted by molar-refractivity contribution is -0.163. The Bertz CT molecular complexity index is 828. The van der Waals surface area contributed by atoms with Crippen molar-refractivity contribution in [3.63, 3.8) is 0 Å². The van der Waals surface area contributed by atoms with E-state index in [2.05, 4.69) is 4.90 Å². The first-order valence-electron chi connectivity index (χ1n) is 11.1. The van der Waals surface area contributed by atoms with E-state index in [1.165, 1.54) is 11.8 Å². The second-order valence-corrected chi connectivity index (χ2v) is 10.2. The van der Waals surface area contributed by atoms with Gasteiger partial charge in [-0.05, 0) is 47.0 Å². The second kappa shape index (κ2) is 9.04. The van der Waals surface area contributed by atoms with Gasteiger partial charge in [0.05, 0.1) is 17.7 Å². The van der Waals surface area contributed by atoms with Crippen LogP contribution in [0.15, 0.2) is 30.3 Å². The first kappa shape index (κ1) is 24.5. The van der Waals surface area contributed by atoms with Crippen molar-refractivity contribution in [2.45, 2.75) is 71.5 Å². The average Bonchev–Trinajstić information content (AvgIpc) is 2.89. The van der Waals surface area contributed by atoms with Crippen LogP contribution in [0.3, 0.4) is 0 Å². The monoisotopic (exact) mass is 446 g/mol. The summed E-state index contributed by atoms with van der Waals surface area (Å²) in [5.74, 6) is -0.443. The van der Waals surface area contributed by atoms with Gasteiger partial charge in [0.25, 0.3) is 0 Å². The molecule has 1 amide bonds. The summed E-state index contributed by atoms with van der Waals surface area (Å²) in [4.78, 5) is 28.0. The van der Waals surface area contributed by atoms with E-state index in [1.807, 2.05) is 71.9 Å². The standard InChI is InChI=1S/C23H35BN2O6/c1-17(27)29-19-15-25(13-14-26(19)20(28)30-21(2,3)4)16-23(7)22(5,6)31-24(32-23)18-11-9-8-10-12-18/h8-12,19H,13-16H2,1-7H3. The van der Waals surface area contributed by atoms with E-state index in [-0.39, 0.29) is 0 Å². The molecule has 9 heteroatoms. The number of rotatable bonds is 4. The number of amides is 1. The Morgan fingerprint density at radius 2 is 1.78 bits per heavy atom. The minimum absolute atomic E-state index is 0.365. The highest BCUT2D eigenvalue weighted by atomic mass is 16.7. The fraction of sp³-hybridized carbons (Fsp3) is 0.652. The molecule has 0 aromatic heterocycles. The topological polar surface area (TPSA) is 77.5 Å². The maximum Gasteiger partial charge on any atom is 0.494 e. The Morgan fingerprint density at radius 3 is 2.38 bits per heavy atom. The first-order valence-corrected chi connectivity index (χ1v) is 11.1. The number of benzene rings is 1. The quantitative estimate of drug-likeness (QED) is 0.519. The van der Waals surface area contributed by atoms with E-state index in [9.17, 15) is 9.59 Å². The molecule has 2 atom stereocenters. The zero-order valence-corrected chi connectivity index (χ0v) is 20.2. The van der Waals surface area contributed by atoms with E-state index in [0.29, 0.717) is 26.2 Å². The maximum absolute atomic E-state index is 12.7. The van der Waals surface area contributed by atoms with E-state index in [0.717, 1.165) is 5.46 Å². The van der Waals surface area contributed by atoms with Gasteiger partial charge < -0.3 is 18.8 Å². The minimum atomic E-state index is -0.727. The number of piperazine rings is 1. The molecule has 0 N–H and O–H groups in total. The van der Waals surface area contributed by atoms with Gasteiger partial charge in [-0.15, -0.1) is 0 Å². The van der Waals surface area contributed by atoms with Crippen LogP contribution >= 0.6 is 0 Å². The summed E-state index contributed by atoms with van der Waals surface area (Å²) in [6.45, 7) is 14.8. The molecule has 2 aliphatic rings. The summed E-state index contributed by atoms with van der Waals surface area (Å²) >= 11 is 0. The lowest BCUT2D eigenvalue weighted by atomic mass is 9.79. The van der Waals surface area contributed by atoms with Crippen molar-refractivity contribution in [3.05, 3.63) is 30.3 Å². The van der Waals surface area contributed by atoms with Crippen LogP contribution in [0.2, 0.25) is 0 Å². The maximum atomic E-state index is 12.7. The van der Waals surface area contributed by atoms with Crippen molar-refractivity contribution >= 4 is 24.6 Å². The van der Waals surface area contributed by atoms with E-state index in [1.54, 1.807) is 0 Å². The highest BCUT2D eigenvalue weighted by Gasteiger charge is 2.55. The van der Waals surface area contributed by atoms with Crippen LogP contribution < -0.4 is 5.46 Å². The fourth-order valence-corrected chi connectivity index (χ4v) is 3.96. The molecule has 1 aromatic rings. The largest absolute Gasteiger partial charge is 0.494 e. The predicted octanol–water partition coefficient (Wildman–Crippen LogP) is 2.41. The fourth-order valence-electron chi connectivity index (χ4n) is 3.96. The Kier molecular flexibility index (Phi) is 6.93. The molecule has 0 aliphatic carbocycles. The third kappa shape index (κ3) is 5.63. The van der Waals surface area contributed by atoms with Crippen LogP contribution in [0.25, 0.3) is 0 Å². The minimum Gasteiger partial charge on any atom is -0.444 e. The van der Waals surface area contributed by atoms with Crippen LogP contribution in [0.4, 0.5) is 4.79 Å². The summed E-state index contributed by atoms with van der Waals surface area (Å²) in [5.41, 5.74) is -0.819. The molecule has 32 heavy (non-hydrogen) atoms. The Morgan fingerprint density at radius 1 is 1.12 bits per heavy atom. The Labute approximate surface area is 191 Å². The van der Waals surface area contributed by atoms with Crippen LogP contribution in [0.5, 0.6) is 0 Å². The molecule has 1 aromatic carbocycles. The number of esters is 1. The van der Waals surface area contributed by atoms with Gasteiger partial charge in [-0.25, -0.2) is 4.79 Å². The Hall–Kier alpha value is -2.10. The number of ether oxygens (including phenoxy) is 2. The summed E-state index contributed by atoms with van der Waals surface area (Å²) in [5, 5.41) is 0. The van der Waals surface area contributed by atoms with Gasteiger partial charge in [0.1, 0.15) is 5.60 Å². The van der Waals surface area contributed by atoms with Crippen LogP contribution in [0, 0.1) is 0 Å². The molecule has 0 spiro atoms. The predicted molar refractivity (Wildman–Crippen MR) is 121 cm³/mol. The lowest BCUT2D eigenvalue weighted by Crippen LogP contribution is -2.61. The molecule has 2 saturated heterocycles. The highest BCUT2D eigenvalue weighted by molar-refractivity contribution is 6.62. The van der Waals surface area contributed by atoms with Gasteiger partial charge in [-0.3, -0.25) is 14.6 Å². The molecule has 2 unspecified atom stereocenters. The first-order chi connectivity index (χ1) is 14.8. The molecule has 8 nitrogen and oxygen atoms in total. The average molecular weight is 446 g/mol. The lowest BCUT2D eigenvalue weighted by Gasteiger charge is -2.45. The van der Waals surface area contributed by atoms with Gasteiger partial charge in [-0.2, -0.15) is 0 Å². The molecular formula is C23H35BN2O6. The third-order valence-corrected chi connectivity index (χ3v) is 5.99. The van der Waals surface area contributed by atoms with Gasteiger partial charge in [-0.1, -0.05) is 30.3 Å². The van der Waals surface area contributed by atoms with Crippen LogP contribution in [0.1, 0.15) is 48.5 Å². The normalized spacial score (nSPS) is 26.2. The van der Waals surface area contributed by atoms with Crippen molar-refractivity contribution in [1.82, 2.24) is 9.80 Å². The van der Waals surface area contributed by atoms with Crippen molar-refractivity contribution in [2.24, 2.45) is 0 Å². The molecule has 2 fully saturated rings. The third-order valence-electron chi connectivity index (χ3n) is 5.99. The molecule has 2 heterocycles. The smallest absolute Gasteiger partial charge is 0.444 e. The molecule has 3 rings (SSSR count). The number of carbonyl (C=O) groups excluding carboxylic acids is 2. The molecule has 0 saturated carbocycles. The zero-order chi connectivity index (χ0) is 23.7. The van der Waals surface area contributed by atoms with Crippen LogP contribution in [-0.2, 0) is 23.6 Å². The highest BCUT2D eigenvalue weighted by Crippen LogP contribution is 2.38. The molecule has 0 bridgehead atoms. The van der Waals surface area contributed by atoms with Gasteiger partial charge >= 0.3 is 19.2 Å². The number of nitrogens with zero attached hydrogens (tertiary/aromatic N) is 2. The van der Waals surface area contributed by atoms with Gasteiger partial charge in [0, 0.05) is 26.6 Å². The molecule has 176 valence electrons. The number of hydrogen-bond acceptors (Lipinski definition) is 7.